The van der Waals surface area contributed by atoms with Crippen molar-refractivity contribution >= 4 is 28.0 Å². The highest BCUT2D eigenvalue weighted by atomic mass is 32.1. The molecule has 1 aliphatic rings. The van der Waals surface area contributed by atoms with Crippen LogP contribution in [0, 0.1) is 11.3 Å². The van der Waals surface area contributed by atoms with Crippen LogP contribution in [0.1, 0.15) is 23.3 Å². The van der Waals surface area contributed by atoms with Crippen LogP contribution < -0.4 is 4.90 Å². The summed E-state index contributed by atoms with van der Waals surface area (Å²) in [6, 6.07) is 10.5. The fourth-order valence-electron chi connectivity index (χ4n) is 2.69. The number of allylic oxidation sites excluding steroid dienone is 1. The van der Waals surface area contributed by atoms with Gasteiger partial charge in [-0.1, -0.05) is 0 Å². The third-order valence-corrected chi connectivity index (χ3v) is 5.18. The Morgan fingerprint density at radius 3 is 2.58 bits per heavy atom. The second-order valence-electron chi connectivity index (χ2n) is 5.77. The van der Waals surface area contributed by atoms with E-state index in [1.54, 1.807) is 23.5 Å². The zero-order valence-electron chi connectivity index (χ0n) is 13.0. The predicted octanol–water partition coefficient (Wildman–Crippen LogP) is 3.18. The third-order valence-electron chi connectivity index (χ3n) is 4.08. The highest BCUT2D eigenvalue weighted by Gasteiger charge is 2.18. The van der Waals surface area contributed by atoms with Gasteiger partial charge in [-0.05, 0) is 54.8 Å². The van der Waals surface area contributed by atoms with Gasteiger partial charge in [-0.2, -0.15) is 5.26 Å². The summed E-state index contributed by atoms with van der Waals surface area (Å²) in [6.45, 7) is 1.67. The number of hydrogen-bond donors (Lipinski definition) is 3. The molecule has 1 aromatic carbocycles. The molecular formula is C18H18N2O3S. The largest absolute Gasteiger partial charge is 0.504 e. The van der Waals surface area contributed by atoms with Gasteiger partial charge in [0.2, 0.25) is 0 Å². The van der Waals surface area contributed by atoms with E-state index in [-0.39, 0.29) is 17.6 Å². The minimum atomic E-state index is -0.243. The lowest BCUT2D eigenvalue weighted by molar-refractivity contribution is 0.145. The van der Waals surface area contributed by atoms with E-state index in [0.717, 1.165) is 35.8 Å². The number of benzene rings is 1. The van der Waals surface area contributed by atoms with Crippen molar-refractivity contribution in [2.45, 2.75) is 18.9 Å². The van der Waals surface area contributed by atoms with E-state index in [0.29, 0.717) is 11.1 Å². The fraction of sp³-hybridized carbons (Fsp3) is 0.278. The van der Waals surface area contributed by atoms with Crippen LogP contribution in [-0.4, -0.2) is 34.5 Å². The summed E-state index contributed by atoms with van der Waals surface area (Å²) >= 11 is 1.59. The van der Waals surface area contributed by atoms with Crippen molar-refractivity contribution in [2.75, 3.05) is 18.0 Å². The summed E-state index contributed by atoms with van der Waals surface area (Å²) in [6.07, 6.45) is 3.13. The highest BCUT2D eigenvalue weighted by Crippen LogP contribution is 2.33. The average molecular weight is 342 g/mol. The highest BCUT2D eigenvalue weighted by molar-refractivity contribution is 7.17. The molecule has 3 rings (SSSR count). The molecule has 1 aromatic heterocycles. The number of aromatic hydroxyl groups is 2. The van der Waals surface area contributed by atoms with Crippen molar-refractivity contribution in [1.29, 1.82) is 5.26 Å². The second kappa shape index (κ2) is 6.95. The minimum absolute atomic E-state index is 0.201. The molecule has 0 amide bonds. The molecule has 0 aliphatic carbocycles. The van der Waals surface area contributed by atoms with Gasteiger partial charge in [-0.3, -0.25) is 0 Å². The van der Waals surface area contributed by atoms with Gasteiger partial charge in [-0.25, -0.2) is 0 Å². The molecule has 1 fully saturated rings. The van der Waals surface area contributed by atoms with Crippen molar-refractivity contribution in [3.8, 4) is 17.6 Å². The molecule has 1 aliphatic heterocycles. The molecule has 0 bridgehead atoms. The Bertz CT molecular complexity index is 799. The first kappa shape index (κ1) is 16.4. The molecule has 24 heavy (non-hydrogen) atoms. The second-order valence-corrected chi connectivity index (χ2v) is 6.86. The fourth-order valence-corrected chi connectivity index (χ4v) is 3.69. The lowest BCUT2D eigenvalue weighted by atomic mass is 10.1. The van der Waals surface area contributed by atoms with Crippen LogP contribution >= 0.6 is 11.3 Å². The molecule has 0 spiro atoms. The molecule has 0 atom stereocenters. The number of rotatable bonds is 3. The Kier molecular flexibility index (Phi) is 4.74. The SMILES string of the molecule is N#C/C(=C\c1ccc(N2CCC(O)CC2)s1)c1ccc(O)c(O)c1. The number of thiophene rings is 1. The Balaban J connectivity index is 1.82. The Morgan fingerprint density at radius 1 is 1.17 bits per heavy atom. The summed E-state index contributed by atoms with van der Waals surface area (Å²) in [5.74, 6) is -0.450. The quantitative estimate of drug-likeness (QED) is 0.589. The van der Waals surface area contributed by atoms with Crippen LogP contribution in [0.5, 0.6) is 11.5 Å². The van der Waals surface area contributed by atoms with Gasteiger partial charge < -0.3 is 20.2 Å². The summed E-state index contributed by atoms with van der Waals surface area (Å²) < 4.78 is 0. The van der Waals surface area contributed by atoms with E-state index < -0.39 is 0 Å². The van der Waals surface area contributed by atoms with E-state index in [1.165, 1.54) is 12.1 Å². The molecular weight excluding hydrogens is 324 g/mol. The number of aliphatic hydroxyl groups is 1. The summed E-state index contributed by atoms with van der Waals surface area (Å²) in [5.41, 5.74) is 0.983. The summed E-state index contributed by atoms with van der Waals surface area (Å²) in [7, 11) is 0. The van der Waals surface area contributed by atoms with Crippen LogP contribution in [0.25, 0.3) is 11.6 Å². The van der Waals surface area contributed by atoms with Crippen LogP contribution in [0.4, 0.5) is 5.00 Å². The van der Waals surface area contributed by atoms with Gasteiger partial charge in [0.25, 0.3) is 0 Å². The number of phenols is 2. The van der Waals surface area contributed by atoms with Gasteiger partial charge in [0.05, 0.1) is 22.7 Å². The Morgan fingerprint density at radius 2 is 1.92 bits per heavy atom. The number of phenolic OH excluding ortho intramolecular Hbond substituents is 2. The van der Waals surface area contributed by atoms with E-state index in [4.69, 9.17) is 0 Å². The van der Waals surface area contributed by atoms with Gasteiger partial charge in [-0.15, -0.1) is 11.3 Å². The molecule has 0 saturated carbocycles. The zero-order chi connectivity index (χ0) is 17.1. The van der Waals surface area contributed by atoms with E-state index >= 15 is 0 Å². The van der Waals surface area contributed by atoms with Crippen LogP contribution in [0.15, 0.2) is 30.3 Å². The number of aliphatic hydroxyl groups excluding tert-OH is 1. The maximum absolute atomic E-state index is 9.60. The molecule has 0 unspecified atom stereocenters. The monoisotopic (exact) mass is 342 g/mol. The van der Waals surface area contributed by atoms with E-state index in [9.17, 15) is 20.6 Å². The van der Waals surface area contributed by atoms with Crippen molar-refractivity contribution in [3.63, 3.8) is 0 Å². The van der Waals surface area contributed by atoms with Crippen molar-refractivity contribution in [2.24, 2.45) is 0 Å². The predicted molar refractivity (Wildman–Crippen MR) is 95.0 cm³/mol. The summed E-state index contributed by atoms with van der Waals surface area (Å²) in [5, 5.41) is 39.1. The lowest BCUT2D eigenvalue weighted by Gasteiger charge is -2.30. The first-order chi connectivity index (χ1) is 11.6. The molecule has 2 heterocycles. The molecule has 3 N–H and O–H groups in total. The number of hydrogen-bond acceptors (Lipinski definition) is 6. The third kappa shape index (κ3) is 3.53. The normalized spacial score (nSPS) is 16.2. The standard InChI is InChI=1S/C18H18N2O3S/c19-11-13(12-1-3-16(22)17(23)10-12)9-15-2-4-18(24-15)20-7-5-14(21)6-8-20/h1-4,9-10,14,21-23H,5-8H2/b13-9+. The molecule has 1 saturated heterocycles. The summed E-state index contributed by atoms with van der Waals surface area (Å²) in [4.78, 5) is 3.19. The molecule has 6 heteroatoms. The van der Waals surface area contributed by atoms with Crippen molar-refractivity contribution < 1.29 is 15.3 Å². The van der Waals surface area contributed by atoms with Crippen LogP contribution in [0.3, 0.4) is 0 Å². The van der Waals surface area contributed by atoms with Gasteiger partial charge in [0, 0.05) is 18.0 Å². The van der Waals surface area contributed by atoms with Gasteiger partial charge in [0.1, 0.15) is 0 Å². The van der Waals surface area contributed by atoms with Crippen molar-refractivity contribution in [1.82, 2.24) is 0 Å². The van der Waals surface area contributed by atoms with Crippen LogP contribution in [-0.2, 0) is 0 Å². The molecule has 0 radical (unpaired) electrons. The van der Waals surface area contributed by atoms with E-state index in [1.807, 2.05) is 12.1 Å². The number of nitriles is 1. The number of nitrogens with zero attached hydrogens (tertiary/aromatic N) is 2. The maximum atomic E-state index is 9.60. The van der Waals surface area contributed by atoms with Crippen LogP contribution in [0.2, 0.25) is 0 Å². The molecule has 124 valence electrons. The minimum Gasteiger partial charge on any atom is -0.504 e. The van der Waals surface area contributed by atoms with E-state index in [2.05, 4.69) is 11.0 Å². The Hall–Kier alpha value is -2.49. The Labute approximate surface area is 144 Å². The topological polar surface area (TPSA) is 87.7 Å². The first-order valence-electron chi connectivity index (χ1n) is 7.74. The van der Waals surface area contributed by atoms with Crippen molar-refractivity contribution in [3.05, 3.63) is 40.8 Å². The molecule has 2 aromatic rings. The van der Waals surface area contributed by atoms with Gasteiger partial charge in [0.15, 0.2) is 11.5 Å². The van der Waals surface area contributed by atoms with Gasteiger partial charge >= 0.3 is 0 Å². The first-order valence-corrected chi connectivity index (χ1v) is 8.55. The average Bonchev–Trinajstić information content (AvgIpc) is 3.04. The zero-order valence-corrected chi connectivity index (χ0v) is 13.8. The lowest BCUT2D eigenvalue weighted by Crippen LogP contribution is -2.35. The maximum Gasteiger partial charge on any atom is 0.158 e. The number of piperidine rings is 1. The smallest absolute Gasteiger partial charge is 0.158 e. The number of anilines is 1. The molecule has 5 nitrogen and oxygen atoms in total.